The van der Waals surface area contributed by atoms with Crippen LogP contribution < -0.4 is 4.90 Å². The van der Waals surface area contributed by atoms with E-state index in [-0.39, 0.29) is 60.2 Å². The van der Waals surface area contributed by atoms with Crippen molar-refractivity contribution in [2.45, 2.75) is 148 Å². The van der Waals surface area contributed by atoms with Gasteiger partial charge in [0.05, 0.1) is 125 Å². The number of pyridine rings is 4. The van der Waals surface area contributed by atoms with Crippen molar-refractivity contribution >= 4 is 72.7 Å². The number of morpholine rings is 1. The minimum atomic E-state index is -0.344. The fraction of sp³-hybridized carbons (Fsp3) is 0.408. The molecule has 15 aromatic rings. The molecule has 137 heavy (non-hydrogen) atoms. The molecule has 0 saturated carbocycles. The van der Waals surface area contributed by atoms with Crippen molar-refractivity contribution in [1.29, 1.82) is 0 Å². The van der Waals surface area contributed by atoms with Gasteiger partial charge in [-0.1, -0.05) is 42.5 Å². The van der Waals surface area contributed by atoms with E-state index in [0.29, 0.717) is 119 Å². The molecule has 20 heterocycles. The number of carbonyl (C=O) groups excluding carboxylic acids is 4. The highest BCUT2D eigenvalue weighted by atomic mass is 19.1. The molecule has 0 atom stereocenters. The van der Waals surface area contributed by atoms with Gasteiger partial charge in [0, 0.05) is 237 Å². The van der Waals surface area contributed by atoms with Crippen molar-refractivity contribution in [1.82, 2.24) is 107 Å². The second-order valence-electron chi connectivity index (χ2n) is 37.6. The number of amides is 4. The van der Waals surface area contributed by atoms with Crippen LogP contribution >= 0.6 is 0 Å². The first-order chi connectivity index (χ1) is 66.5. The largest absolute Gasteiger partial charge is 0.381 e. The molecule has 5 fully saturated rings. The van der Waals surface area contributed by atoms with Crippen molar-refractivity contribution < 1.29 is 51.6 Å². The van der Waals surface area contributed by atoms with E-state index in [4.69, 9.17) is 53.6 Å². The van der Waals surface area contributed by atoms with Crippen LogP contribution in [0.1, 0.15) is 138 Å². The van der Waals surface area contributed by atoms with E-state index in [1.807, 2.05) is 112 Å². The van der Waals surface area contributed by atoms with Crippen LogP contribution in [0.2, 0.25) is 0 Å². The quantitative estimate of drug-likeness (QED) is 0.110. The van der Waals surface area contributed by atoms with Crippen molar-refractivity contribution in [3.8, 4) is 78.8 Å². The number of anilines is 1. The molecule has 0 unspecified atom stereocenters. The highest BCUT2D eigenvalue weighted by Gasteiger charge is 2.39. The van der Waals surface area contributed by atoms with Crippen molar-refractivity contribution in [3.05, 3.63) is 203 Å². The first-order valence-electron chi connectivity index (χ1n) is 47.4. The number of benzene rings is 4. The number of aromatic nitrogens is 18. The van der Waals surface area contributed by atoms with E-state index in [2.05, 4.69) is 88.7 Å². The van der Waals surface area contributed by atoms with Gasteiger partial charge >= 0.3 is 0 Å². The molecule has 5 saturated heterocycles. The Kier molecular flexibility index (Phi) is 24.5. The van der Waals surface area contributed by atoms with Crippen molar-refractivity contribution in [3.63, 3.8) is 0 Å². The molecule has 0 radical (unpaired) electrons. The van der Waals surface area contributed by atoms with E-state index in [9.17, 15) is 19.2 Å². The molecular weight excluding hydrogens is 1740 g/mol. The van der Waals surface area contributed by atoms with E-state index in [0.717, 1.165) is 254 Å². The first kappa shape index (κ1) is 89.8. The molecular formula is C103H111F2N23O9. The molecule has 9 aliphatic rings. The number of imidazole rings is 4. The van der Waals surface area contributed by atoms with E-state index in [1.165, 1.54) is 12.1 Å². The molecule has 4 aromatic carbocycles. The lowest BCUT2D eigenvalue weighted by atomic mass is 9.99. The summed E-state index contributed by atoms with van der Waals surface area (Å²) in [7, 11) is 13.0. The topological polar surface area (TPSA) is 307 Å². The molecule has 0 aliphatic carbocycles. The minimum Gasteiger partial charge on any atom is -0.381 e. The highest BCUT2D eigenvalue weighted by Crippen LogP contribution is 2.46. The van der Waals surface area contributed by atoms with Gasteiger partial charge < -0.3 is 66.5 Å². The maximum absolute atomic E-state index is 15.5. The van der Waals surface area contributed by atoms with Crippen molar-refractivity contribution in [2.75, 3.05) is 112 Å². The average Bonchev–Trinajstić information content (AvgIpc) is 1.62. The maximum atomic E-state index is 15.5. The third kappa shape index (κ3) is 17.3. The van der Waals surface area contributed by atoms with Crippen LogP contribution in [0, 0.1) is 32.4 Å². The second kappa shape index (κ2) is 37.4. The number of rotatable bonds is 12. The summed E-state index contributed by atoms with van der Waals surface area (Å²) in [5.41, 5.74) is 19.6. The number of hydrogen-bond acceptors (Lipinski definition) is 21. The van der Waals surface area contributed by atoms with Gasteiger partial charge in [0.25, 0.3) is 0 Å². The van der Waals surface area contributed by atoms with Gasteiger partial charge in [-0.15, -0.1) is 0 Å². The SMILES string of the molecule is CN1Cc2c(-c3c(F)ccc4cc(N5CCOCC5)ncc34)nc(C3CCOCC3)n2CC1=O.Cc1cc2c(-c3nc(C4CCOCC4)n4c3CN(C)C(=O)C4)cccc2nc1-c1cnn(C)c1.Cc1nn(C)cc1-c1cc2ccc(F)c(-c3nc(C4CCOCC4)n4c3CN(C)C(=O)C4)c2cn1.Cc1nn(C)cc1-c1cc2cccc(-c3nc(C4CCOCC4)n4c3CN(C)C(=O)C4)c2cn1. The summed E-state index contributed by atoms with van der Waals surface area (Å²) in [6.45, 7) is 17.7. The normalized spacial score (nSPS) is 17.6. The Balaban J connectivity index is 0.000000109. The van der Waals surface area contributed by atoms with Gasteiger partial charge in [-0.3, -0.25) is 43.2 Å². The summed E-state index contributed by atoms with van der Waals surface area (Å²) < 4.78 is 72.4. The van der Waals surface area contributed by atoms with Crippen molar-refractivity contribution in [2.24, 2.45) is 21.1 Å². The Morgan fingerprint density at radius 2 is 0.730 bits per heavy atom. The average molecular weight is 1850 g/mol. The first-order valence-corrected chi connectivity index (χ1v) is 47.4. The Bertz CT molecular complexity index is 7230. The number of nitrogens with zero attached hydrogens (tertiary/aromatic N) is 23. The lowest BCUT2D eigenvalue weighted by Crippen LogP contribution is -2.37. The van der Waals surface area contributed by atoms with E-state index >= 15 is 8.78 Å². The fourth-order valence-electron chi connectivity index (χ4n) is 21.1. The Morgan fingerprint density at radius 1 is 0.350 bits per heavy atom. The molecule has 24 rings (SSSR count). The van der Waals surface area contributed by atoms with Crippen LogP contribution in [-0.4, -0.2) is 238 Å². The van der Waals surface area contributed by atoms with E-state index in [1.54, 1.807) is 67.6 Å². The molecule has 0 bridgehead atoms. The lowest BCUT2D eigenvalue weighted by molar-refractivity contribution is -0.133. The lowest BCUT2D eigenvalue weighted by Gasteiger charge is -2.28. The molecule has 4 amide bonds. The van der Waals surface area contributed by atoms with Crippen LogP contribution in [0.15, 0.2) is 128 Å². The fourth-order valence-corrected chi connectivity index (χ4v) is 21.1. The van der Waals surface area contributed by atoms with Gasteiger partial charge in [0.1, 0.15) is 66.9 Å². The molecule has 11 aromatic heterocycles. The monoisotopic (exact) mass is 1850 g/mol. The number of aryl methyl sites for hydroxylation is 6. The zero-order valence-corrected chi connectivity index (χ0v) is 78.9. The number of fused-ring (bicyclic) bond motifs is 8. The zero-order valence-electron chi connectivity index (χ0n) is 78.9. The van der Waals surface area contributed by atoms with Gasteiger partial charge in [-0.2, -0.15) is 15.3 Å². The Morgan fingerprint density at radius 3 is 1.15 bits per heavy atom. The summed E-state index contributed by atoms with van der Waals surface area (Å²) in [4.78, 5) is 99.1. The molecule has 32 nitrogen and oxygen atoms in total. The minimum absolute atomic E-state index is 0.0336. The van der Waals surface area contributed by atoms with Crippen LogP contribution in [0.25, 0.3) is 122 Å². The van der Waals surface area contributed by atoms with Crippen LogP contribution in [-0.2, 0) is 116 Å². The zero-order chi connectivity index (χ0) is 94.3. The number of carbonyl (C=O) groups is 4. The molecule has 34 heteroatoms. The van der Waals surface area contributed by atoms with Gasteiger partial charge in [-0.05, 0) is 136 Å². The summed E-state index contributed by atoms with van der Waals surface area (Å²) in [6, 6.07) is 27.4. The molecule has 0 N–H and O–H groups in total. The Labute approximate surface area is 790 Å². The highest BCUT2D eigenvalue weighted by molar-refractivity contribution is 6.02. The number of hydrogen-bond donors (Lipinski definition) is 0. The van der Waals surface area contributed by atoms with E-state index < -0.39 is 0 Å². The third-order valence-electron chi connectivity index (χ3n) is 28.6. The predicted molar refractivity (Wildman–Crippen MR) is 513 cm³/mol. The van der Waals surface area contributed by atoms with Gasteiger partial charge in [-0.25, -0.2) is 38.7 Å². The third-order valence-corrected chi connectivity index (χ3v) is 28.6. The van der Waals surface area contributed by atoms with Gasteiger partial charge in [0.15, 0.2) is 0 Å². The van der Waals surface area contributed by atoms with Crippen LogP contribution in [0.5, 0.6) is 0 Å². The Hall–Kier alpha value is -13.7. The van der Waals surface area contributed by atoms with Crippen LogP contribution in [0.4, 0.5) is 14.6 Å². The number of likely N-dealkylation sites (N-methyl/N-ethyl adjacent to an activating group) is 4. The summed E-state index contributed by atoms with van der Waals surface area (Å²) in [6.07, 6.45) is 20.3. The maximum Gasteiger partial charge on any atom is 0.242 e. The second-order valence-corrected chi connectivity index (χ2v) is 37.6. The molecule has 9 aliphatic heterocycles. The number of ether oxygens (including phenoxy) is 5. The molecule has 0 spiro atoms. The molecule has 706 valence electrons. The predicted octanol–water partition coefficient (Wildman–Crippen LogP) is 14.1. The summed E-state index contributed by atoms with van der Waals surface area (Å²) >= 11 is 0. The van der Waals surface area contributed by atoms with Crippen LogP contribution in [0.3, 0.4) is 0 Å². The number of halogens is 2. The van der Waals surface area contributed by atoms with Gasteiger partial charge in [0.2, 0.25) is 23.6 Å². The summed E-state index contributed by atoms with van der Waals surface area (Å²) in [5, 5.41) is 19.7. The standard InChI is InChI=1S/C26H27FN6O2.2C26H28N6O2.C25H28FN5O3/c1-15-19(12-32(3)30-15)21-10-17-4-5-20(27)24(18(17)11-28-21)25-22-13-31(2)23(34)14-33(22)26(29-25)16-6-8-35-9-7-16;1-16-21(13-31(3)29-16)22-11-18-5-4-6-19(20(18)12-27-22)25-23-14-30(2)24(33)15-32(23)26(28-25)17-7-9-34-10-8-17;1-16-11-20-19(5-4-6-21(20)28-24(16)18-12-27-31(3)13-18)25-22-14-30(2)23(33)15-32(22)26(29-25)17-7-9-34-10-8-17;1-29-14-20-24(28-25(31(20)15-22(29)32)16-4-8-33-9-5-16)23-18-13-27-21(30-6-10-34-11-7-30)12-17(18)2-3-19(23)26/h4-5,10-12,16H,6-9,13-14H2,1-3H3;2*4-6,11-13,17H,7-10,14-15H2,1-3H3;2-3,12-13,16H,4-11,14-15H2,1H3. The summed E-state index contributed by atoms with van der Waals surface area (Å²) in [5.74, 6) is 5.28. The smallest absolute Gasteiger partial charge is 0.242 e.